The molecule has 22 heavy (non-hydrogen) atoms. The van der Waals surface area contributed by atoms with Crippen LogP contribution in [0.2, 0.25) is 0 Å². The minimum Gasteiger partial charge on any atom is -0.494 e. The lowest BCUT2D eigenvalue weighted by atomic mass is 9.89. The number of amides is 1. The molecule has 5 heteroatoms. The van der Waals surface area contributed by atoms with Gasteiger partial charge in [-0.15, -0.1) is 0 Å². The third-order valence-electron chi connectivity index (χ3n) is 3.44. The average Bonchev–Trinajstić information content (AvgIpc) is 2.37. The number of nitrogens with zero attached hydrogens (tertiary/aromatic N) is 1. The van der Waals surface area contributed by atoms with Gasteiger partial charge < -0.3 is 10.1 Å². The first kappa shape index (κ1) is 16.4. The van der Waals surface area contributed by atoms with Crippen molar-refractivity contribution in [1.29, 1.82) is 0 Å². The summed E-state index contributed by atoms with van der Waals surface area (Å²) in [5.41, 5.74) is 6.20. The normalized spacial score (nSPS) is 15.7. The number of benzene rings is 1. The predicted molar refractivity (Wildman–Crippen MR) is 90.1 cm³/mol. The van der Waals surface area contributed by atoms with Gasteiger partial charge in [0.1, 0.15) is 5.75 Å². The molecule has 1 aliphatic heterocycles. The maximum absolute atomic E-state index is 12.5. The average molecular weight is 303 g/mol. The van der Waals surface area contributed by atoms with Crippen LogP contribution in [0.5, 0.6) is 5.75 Å². The molecule has 5 nitrogen and oxygen atoms in total. The van der Waals surface area contributed by atoms with Crippen LogP contribution < -0.4 is 15.5 Å². The van der Waals surface area contributed by atoms with Crippen molar-refractivity contribution >= 4 is 17.2 Å². The Morgan fingerprint density at radius 1 is 1.36 bits per heavy atom. The Kier molecular flexibility index (Phi) is 4.47. The van der Waals surface area contributed by atoms with Crippen molar-refractivity contribution in [3.63, 3.8) is 0 Å². The smallest absolute Gasteiger partial charge is 0.267 e. The maximum Gasteiger partial charge on any atom is 0.267 e. The Morgan fingerprint density at radius 2 is 2.05 bits per heavy atom. The summed E-state index contributed by atoms with van der Waals surface area (Å²) in [5.74, 6) is 0.556. The first-order valence-corrected chi connectivity index (χ1v) is 7.50. The van der Waals surface area contributed by atoms with Crippen molar-refractivity contribution < 1.29 is 9.53 Å². The summed E-state index contributed by atoms with van der Waals surface area (Å²) in [6.45, 7) is 8.73. The van der Waals surface area contributed by atoms with E-state index in [1.165, 1.54) is 0 Å². The Balaban J connectivity index is 2.57. The molecule has 0 spiro atoms. The molecule has 0 radical (unpaired) electrons. The molecule has 0 saturated heterocycles. The Morgan fingerprint density at radius 3 is 2.64 bits per heavy atom. The van der Waals surface area contributed by atoms with Gasteiger partial charge in [-0.2, -0.15) is 0 Å². The second kappa shape index (κ2) is 6.01. The highest BCUT2D eigenvalue weighted by molar-refractivity contribution is 6.03. The molecule has 0 aliphatic carbocycles. The van der Waals surface area contributed by atoms with Crippen LogP contribution in [0.1, 0.15) is 43.6 Å². The Labute approximate surface area is 132 Å². The fourth-order valence-electron chi connectivity index (χ4n) is 2.73. The number of hydrogen-bond donors (Lipinski definition) is 2. The molecule has 0 aromatic heterocycles. The molecule has 2 rings (SSSR count). The molecule has 0 atom stereocenters. The summed E-state index contributed by atoms with van der Waals surface area (Å²) >= 11 is 0. The molecule has 1 aromatic rings. The van der Waals surface area contributed by atoms with Gasteiger partial charge in [0.25, 0.3) is 5.91 Å². The molecule has 0 bridgehead atoms. The maximum atomic E-state index is 12.5. The molecule has 0 unspecified atom stereocenters. The number of fused-ring (bicyclic) bond motifs is 1. The number of allylic oxidation sites excluding steroid dienone is 1. The van der Waals surface area contributed by atoms with Gasteiger partial charge in [-0.25, -0.2) is 5.01 Å². The highest BCUT2D eigenvalue weighted by Gasteiger charge is 2.27. The molecule has 2 N–H and O–H groups in total. The van der Waals surface area contributed by atoms with Crippen molar-refractivity contribution in [2.24, 2.45) is 0 Å². The van der Waals surface area contributed by atoms with Gasteiger partial charge in [0.05, 0.1) is 23.4 Å². The Bertz CT molecular complexity index is 619. The summed E-state index contributed by atoms with van der Waals surface area (Å²) in [6, 6.07) is 3.78. The molecule has 1 aromatic carbocycles. The summed E-state index contributed by atoms with van der Waals surface area (Å²) < 4.78 is 5.62. The van der Waals surface area contributed by atoms with Crippen LogP contribution >= 0.6 is 0 Å². The van der Waals surface area contributed by atoms with Crippen molar-refractivity contribution in [2.45, 2.75) is 33.2 Å². The van der Waals surface area contributed by atoms with Crippen molar-refractivity contribution in [3.8, 4) is 5.75 Å². The highest BCUT2D eigenvalue weighted by Crippen LogP contribution is 2.38. The number of ether oxygens (including phenoxy) is 1. The van der Waals surface area contributed by atoms with E-state index in [9.17, 15) is 4.79 Å². The number of hydrogen-bond acceptors (Lipinski definition) is 4. The highest BCUT2D eigenvalue weighted by atomic mass is 16.5. The van der Waals surface area contributed by atoms with E-state index in [0.717, 1.165) is 16.8 Å². The zero-order chi connectivity index (χ0) is 16.5. The van der Waals surface area contributed by atoms with Gasteiger partial charge >= 0.3 is 0 Å². The lowest BCUT2D eigenvalue weighted by molar-refractivity contribution is 0.0857. The summed E-state index contributed by atoms with van der Waals surface area (Å²) in [4.78, 5) is 12.5. The van der Waals surface area contributed by atoms with E-state index >= 15 is 0 Å². The first-order valence-electron chi connectivity index (χ1n) is 7.50. The molecule has 120 valence electrons. The third-order valence-corrected chi connectivity index (χ3v) is 3.44. The largest absolute Gasteiger partial charge is 0.494 e. The monoisotopic (exact) mass is 303 g/mol. The van der Waals surface area contributed by atoms with Gasteiger partial charge in [-0.3, -0.25) is 10.2 Å². The molecule has 1 aliphatic rings. The summed E-state index contributed by atoms with van der Waals surface area (Å²) in [5, 5.41) is 5.09. The molecular weight excluding hydrogens is 278 g/mol. The van der Waals surface area contributed by atoms with Crippen LogP contribution in [0.4, 0.5) is 5.69 Å². The zero-order valence-corrected chi connectivity index (χ0v) is 14.2. The quantitative estimate of drug-likeness (QED) is 0.840. The topological polar surface area (TPSA) is 53.6 Å². The predicted octanol–water partition coefficient (Wildman–Crippen LogP) is 2.90. The van der Waals surface area contributed by atoms with Crippen LogP contribution in [0.3, 0.4) is 0 Å². The van der Waals surface area contributed by atoms with E-state index in [1.54, 1.807) is 25.2 Å². The lowest BCUT2D eigenvalue weighted by Crippen LogP contribution is -2.38. The van der Waals surface area contributed by atoms with Crippen LogP contribution in [-0.4, -0.2) is 37.2 Å². The minimum absolute atomic E-state index is 0.152. The van der Waals surface area contributed by atoms with Crippen LogP contribution in [0, 0.1) is 0 Å². The summed E-state index contributed by atoms with van der Waals surface area (Å²) in [6.07, 6.45) is 2.17. The van der Waals surface area contributed by atoms with Gasteiger partial charge in [-0.1, -0.05) is 6.08 Å². The number of hydrazine groups is 1. The van der Waals surface area contributed by atoms with E-state index < -0.39 is 0 Å². The molecule has 1 heterocycles. The van der Waals surface area contributed by atoms with E-state index in [-0.39, 0.29) is 11.4 Å². The SMILES string of the molecule is CCOc1cc(C(=O)NN(C)C)c2c(c1)C(C)=CC(C)(C)N2. The molecular formula is C17H25N3O2. The zero-order valence-electron chi connectivity index (χ0n) is 14.2. The van der Waals surface area contributed by atoms with E-state index in [2.05, 4.69) is 37.6 Å². The molecule has 0 saturated carbocycles. The molecule has 0 fully saturated rings. The lowest BCUT2D eigenvalue weighted by Gasteiger charge is -2.33. The molecule has 1 amide bonds. The number of carbonyl (C=O) groups excluding carboxylic acids is 1. The van der Waals surface area contributed by atoms with Gasteiger partial charge in [0.2, 0.25) is 0 Å². The third kappa shape index (κ3) is 3.42. The minimum atomic E-state index is -0.197. The number of carbonyl (C=O) groups is 1. The first-order chi connectivity index (χ1) is 10.2. The van der Waals surface area contributed by atoms with E-state index in [4.69, 9.17) is 4.74 Å². The van der Waals surface area contributed by atoms with Crippen LogP contribution in [0.15, 0.2) is 18.2 Å². The fourth-order valence-corrected chi connectivity index (χ4v) is 2.73. The fraction of sp³-hybridized carbons (Fsp3) is 0.471. The number of anilines is 1. The standard InChI is InChI=1S/C17H25N3O2/c1-7-22-12-8-13-11(2)10-17(3,4)18-15(13)14(9-12)16(21)19-20(5)6/h8-10,18H,7H2,1-6H3,(H,19,21). The van der Waals surface area contributed by atoms with E-state index in [0.29, 0.717) is 17.9 Å². The van der Waals surface area contributed by atoms with Gasteiger partial charge in [0, 0.05) is 19.7 Å². The van der Waals surface area contributed by atoms with Crippen LogP contribution in [-0.2, 0) is 0 Å². The van der Waals surface area contributed by atoms with E-state index in [1.807, 2.05) is 13.0 Å². The Hall–Kier alpha value is -2.01. The second-order valence-electron chi connectivity index (χ2n) is 6.34. The summed E-state index contributed by atoms with van der Waals surface area (Å²) in [7, 11) is 3.58. The van der Waals surface area contributed by atoms with Crippen molar-refractivity contribution in [1.82, 2.24) is 10.4 Å². The van der Waals surface area contributed by atoms with Crippen molar-refractivity contribution in [2.75, 3.05) is 26.0 Å². The number of rotatable bonds is 4. The van der Waals surface area contributed by atoms with Gasteiger partial charge in [0.15, 0.2) is 0 Å². The second-order valence-corrected chi connectivity index (χ2v) is 6.34. The van der Waals surface area contributed by atoms with Gasteiger partial charge in [-0.05, 0) is 45.4 Å². The van der Waals surface area contributed by atoms with Crippen LogP contribution in [0.25, 0.3) is 5.57 Å². The number of nitrogens with one attached hydrogen (secondary N) is 2. The van der Waals surface area contributed by atoms with Crippen molar-refractivity contribution in [3.05, 3.63) is 29.3 Å².